The van der Waals surface area contributed by atoms with Crippen molar-refractivity contribution in [2.75, 3.05) is 35.2 Å². The first-order valence-corrected chi connectivity index (χ1v) is 12.6. The maximum Gasteiger partial charge on any atom is 0.322 e. The van der Waals surface area contributed by atoms with Crippen LogP contribution in [0.15, 0.2) is 42.5 Å². The van der Waals surface area contributed by atoms with Crippen molar-refractivity contribution in [2.45, 2.75) is 51.2 Å². The number of carbonyl (C=O) groups excluding carboxylic acids is 3. The van der Waals surface area contributed by atoms with Gasteiger partial charge in [-0.15, -0.1) is 0 Å². The number of ether oxygens (including phenoxy) is 1. The molecular formula is C26H30ClFN4O4. The Balaban J connectivity index is 1.47. The molecule has 4 amide bonds. The number of hydrogen-bond acceptors (Lipinski definition) is 4. The number of carbonyl (C=O) groups is 3. The maximum atomic E-state index is 14.9. The predicted molar refractivity (Wildman–Crippen MR) is 137 cm³/mol. The second-order valence-corrected chi connectivity index (χ2v) is 9.43. The van der Waals surface area contributed by atoms with Crippen molar-refractivity contribution in [3.63, 3.8) is 0 Å². The van der Waals surface area contributed by atoms with Gasteiger partial charge in [-0.3, -0.25) is 9.59 Å². The number of amides is 4. The van der Waals surface area contributed by atoms with Crippen LogP contribution in [0.3, 0.4) is 0 Å². The van der Waals surface area contributed by atoms with Gasteiger partial charge >= 0.3 is 6.03 Å². The fourth-order valence-electron chi connectivity index (χ4n) is 4.47. The minimum atomic E-state index is -0.845. The van der Waals surface area contributed by atoms with Gasteiger partial charge in [-0.1, -0.05) is 18.5 Å². The summed E-state index contributed by atoms with van der Waals surface area (Å²) in [4.78, 5) is 41.4. The highest BCUT2D eigenvalue weighted by atomic mass is 35.5. The standard InChI is InChI=1S/C26H30ClFN4O4/c1-2-13-36-20-15-23(32(16-20)26(35)29-18-8-6-17(27)7-9-18)25(34)30-22-11-10-19(14-21(22)28)31-12-4-3-5-24(31)33/h6-11,14,20,23H,2-5,12-13,15-16H2,1H3,(H,29,35)(H,30,34)/t20?,23-/m1/s1. The van der Waals surface area contributed by atoms with Crippen molar-refractivity contribution < 1.29 is 23.5 Å². The zero-order valence-electron chi connectivity index (χ0n) is 20.1. The molecule has 0 radical (unpaired) electrons. The van der Waals surface area contributed by atoms with Gasteiger partial charge in [0.25, 0.3) is 0 Å². The molecule has 192 valence electrons. The second kappa shape index (κ2) is 11.7. The average molecular weight is 517 g/mol. The molecule has 1 unspecified atom stereocenters. The summed E-state index contributed by atoms with van der Waals surface area (Å²) < 4.78 is 20.7. The molecule has 0 bridgehead atoms. The van der Waals surface area contributed by atoms with Crippen molar-refractivity contribution in [1.29, 1.82) is 0 Å². The summed E-state index contributed by atoms with van der Waals surface area (Å²) >= 11 is 5.92. The normalized spacial score (nSPS) is 19.9. The Bertz CT molecular complexity index is 1110. The maximum absolute atomic E-state index is 14.9. The first kappa shape index (κ1) is 25.9. The molecule has 2 N–H and O–H groups in total. The van der Waals surface area contributed by atoms with E-state index >= 15 is 0 Å². The predicted octanol–water partition coefficient (Wildman–Crippen LogP) is 5.04. The van der Waals surface area contributed by atoms with Crippen LogP contribution in [0.25, 0.3) is 0 Å². The van der Waals surface area contributed by atoms with E-state index in [1.54, 1.807) is 35.2 Å². The van der Waals surface area contributed by atoms with Crippen molar-refractivity contribution in [3.05, 3.63) is 53.3 Å². The summed E-state index contributed by atoms with van der Waals surface area (Å²) in [6.45, 7) is 3.27. The lowest BCUT2D eigenvalue weighted by atomic mass is 10.1. The number of anilines is 3. The van der Waals surface area contributed by atoms with E-state index in [-0.39, 0.29) is 24.2 Å². The fraction of sp³-hybridized carbons (Fsp3) is 0.423. The minimum Gasteiger partial charge on any atom is -0.376 e. The van der Waals surface area contributed by atoms with E-state index in [1.165, 1.54) is 17.0 Å². The van der Waals surface area contributed by atoms with Crippen LogP contribution >= 0.6 is 11.6 Å². The average Bonchev–Trinajstić information content (AvgIpc) is 3.30. The first-order chi connectivity index (χ1) is 17.4. The largest absolute Gasteiger partial charge is 0.376 e. The van der Waals surface area contributed by atoms with Crippen molar-refractivity contribution >= 4 is 46.5 Å². The zero-order chi connectivity index (χ0) is 25.7. The zero-order valence-corrected chi connectivity index (χ0v) is 20.9. The fourth-order valence-corrected chi connectivity index (χ4v) is 4.60. The molecule has 0 spiro atoms. The molecular weight excluding hydrogens is 487 g/mol. The Hall–Kier alpha value is -3.17. The van der Waals surface area contributed by atoms with Crippen LogP contribution in [0, 0.1) is 5.82 Å². The van der Waals surface area contributed by atoms with Gasteiger partial charge in [0.05, 0.1) is 11.8 Å². The van der Waals surface area contributed by atoms with Crippen LogP contribution in [-0.2, 0) is 14.3 Å². The van der Waals surface area contributed by atoms with E-state index < -0.39 is 23.8 Å². The van der Waals surface area contributed by atoms with E-state index in [9.17, 15) is 18.8 Å². The molecule has 2 aromatic carbocycles. The Kier molecular flexibility index (Phi) is 8.43. The van der Waals surface area contributed by atoms with Gasteiger partial charge in [0.2, 0.25) is 11.8 Å². The van der Waals surface area contributed by atoms with Gasteiger partial charge in [0, 0.05) is 48.9 Å². The molecule has 2 saturated heterocycles. The lowest BCUT2D eigenvalue weighted by Crippen LogP contribution is -2.45. The third-order valence-electron chi connectivity index (χ3n) is 6.33. The number of hydrogen-bond donors (Lipinski definition) is 2. The van der Waals surface area contributed by atoms with E-state index in [0.717, 1.165) is 19.3 Å². The molecule has 4 rings (SSSR count). The van der Waals surface area contributed by atoms with Crippen LogP contribution < -0.4 is 15.5 Å². The third-order valence-corrected chi connectivity index (χ3v) is 6.58. The number of rotatable bonds is 7. The molecule has 0 aromatic heterocycles. The molecule has 2 aromatic rings. The number of likely N-dealkylation sites (tertiary alicyclic amines) is 1. The van der Waals surface area contributed by atoms with Crippen LogP contribution in [0.1, 0.15) is 39.0 Å². The van der Waals surface area contributed by atoms with E-state index in [0.29, 0.717) is 42.4 Å². The molecule has 0 saturated carbocycles. The molecule has 36 heavy (non-hydrogen) atoms. The lowest BCUT2D eigenvalue weighted by molar-refractivity contribution is -0.120. The van der Waals surface area contributed by atoms with E-state index in [2.05, 4.69) is 10.6 Å². The van der Waals surface area contributed by atoms with Crippen LogP contribution in [0.4, 0.5) is 26.2 Å². The van der Waals surface area contributed by atoms with Gasteiger partial charge < -0.3 is 25.2 Å². The Morgan fingerprint density at radius 3 is 2.61 bits per heavy atom. The molecule has 2 aliphatic rings. The highest BCUT2D eigenvalue weighted by Crippen LogP contribution is 2.28. The highest BCUT2D eigenvalue weighted by molar-refractivity contribution is 6.30. The van der Waals surface area contributed by atoms with Crippen molar-refractivity contribution in [2.24, 2.45) is 0 Å². The van der Waals surface area contributed by atoms with E-state index in [1.807, 2.05) is 6.92 Å². The van der Waals surface area contributed by atoms with Gasteiger partial charge in [0.1, 0.15) is 11.9 Å². The van der Waals surface area contributed by atoms with Crippen molar-refractivity contribution in [3.8, 4) is 0 Å². The van der Waals surface area contributed by atoms with Gasteiger partial charge in [-0.2, -0.15) is 0 Å². The topological polar surface area (TPSA) is 91.0 Å². The number of piperidine rings is 1. The molecule has 0 aliphatic carbocycles. The van der Waals surface area contributed by atoms with Crippen LogP contribution in [-0.4, -0.2) is 54.6 Å². The molecule has 2 heterocycles. The number of halogens is 2. The Labute approximate surface area is 214 Å². The minimum absolute atomic E-state index is 0.0100. The Morgan fingerprint density at radius 1 is 1.14 bits per heavy atom. The van der Waals surface area contributed by atoms with Gasteiger partial charge in [-0.25, -0.2) is 9.18 Å². The summed E-state index contributed by atoms with van der Waals surface area (Å²) in [6.07, 6.45) is 2.93. The monoisotopic (exact) mass is 516 g/mol. The van der Waals surface area contributed by atoms with Crippen LogP contribution in [0.5, 0.6) is 0 Å². The highest BCUT2D eigenvalue weighted by Gasteiger charge is 2.40. The number of nitrogens with zero attached hydrogens (tertiary/aromatic N) is 2. The summed E-state index contributed by atoms with van der Waals surface area (Å²) in [6, 6.07) is 9.66. The summed E-state index contributed by atoms with van der Waals surface area (Å²) in [7, 11) is 0. The molecule has 8 nitrogen and oxygen atoms in total. The number of urea groups is 1. The van der Waals surface area contributed by atoms with Gasteiger partial charge in [0.15, 0.2) is 0 Å². The third kappa shape index (κ3) is 6.14. The summed E-state index contributed by atoms with van der Waals surface area (Å²) in [5, 5.41) is 5.93. The lowest BCUT2D eigenvalue weighted by Gasteiger charge is -2.27. The quantitative estimate of drug-likeness (QED) is 0.539. The smallest absolute Gasteiger partial charge is 0.322 e. The number of benzene rings is 2. The van der Waals surface area contributed by atoms with E-state index in [4.69, 9.17) is 16.3 Å². The molecule has 2 atom stereocenters. The van der Waals surface area contributed by atoms with Gasteiger partial charge in [-0.05, 0) is 61.7 Å². The SMILES string of the molecule is CCCOC1C[C@H](C(=O)Nc2ccc(N3CCCCC3=O)cc2F)N(C(=O)Nc2ccc(Cl)cc2)C1. The summed E-state index contributed by atoms with van der Waals surface area (Å²) in [5.74, 6) is -1.19. The van der Waals surface area contributed by atoms with Crippen LogP contribution in [0.2, 0.25) is 5.02 Å². The Morgan fingerprint density at radius 2 is 1.92 bits per heavy atom. The molecule has 10 heteroatoms. The second-order valence-electron chi connectivity index (χ2n) is 8.99. The number of nitrogens with one attached hydrogen (secondary N) is 2. The molecule has 2 fully saturated rings. The molecule has 2 aliphatic heterocycles. The first-order valence-electron chi connectivity index (χ1n) is 12.2. The summed E-state index contributed by atoms with van der Waals surface area (Å²) in [5.41, 5.74) is 0.993. The van der Waals surface area contributed by atoms with Crippen molar-refractivity contribution in [1.82, 2.24) is 4.90 Å².